The van der Waals surface area contributed by atoms with E-state index in [2.05, 4.69) is 27.4 Å². The van der Waals surface area contributed by atoms with Crippen molar-refractivity contribution in [1.82, 2.24) is 20.5 Å². The van der Waals surface area contributed by atoms with Gasteiger partial charge in [0.05, 0.1) is 6.61 Å². The summed E-state index contributed by atoms with van der Waals surface area (Å²) in [7, 11) is 0. The molecule has 2 N–H and O–H groups in total. The second kappa shape index (κ2) is 10.5. The minimum atomic E-state index is -0.0910. The molecule has 1 aromatic heterocycles. The molecule has 28 heavy (non-hydrogen) atoms. The van der Waals surface area contributed by atoms with Crippen LogP contribution in [0.1, 0.15) is 41.3 Å². The fourth-order valence-corrected chi connectivity index (χ4v) is 3.27. The summed E-state index contributed by atoms with van der Waals surface area (Å²) in [6, 6.07) is 15.4. The van der Waals surface area contributed by atoms with E-state index < -0.39 is 0 Å². The largest absolute Gasteiger partial charge is 0.494 e. The minimum Gasteiger partial charge on any atom is -0.494 e. The number of benzene rings is 2. The Labute approximate surface area is 169 Å². The molecule has 1 amide bonds. The molecule has 0 saturated carbocycles. The van der Waals surface area contributed by atoms with Gasteiger partial charge in [-0.3, -0.25) is 9.89 Å². The van der Waals surface area contributed by atoms with Crippen molar-refractivity contribution in [2.24, 2.45) is 0 Å². The summed E-state index contributed by atoms with van der Waals surface area (Å²) in [4.78, 5) is 16.5. The van der Waals surface area contributed by atoms with Crippen LogP contribution in [-0.2, 0) is 12.3 Å². The van der Waals surface area contributed by atoms with E-state index in [1.807, 2.05) is 48.5 Å². The highest BCUT2D eigenvalue weighted by Gasteiger charge is 2.06. The molecule has 0 fully saturated rings. The van der Waals surface area contributed by atoms with Crippen molar-refractivity contribution in [3.05, 3.63) is 71.5 Å². The van der Waals surface area contributed by atoms with Crippen molar-refractivity contribution >= 4 is 17.7 Å². The van der Waals surface area contributed by atoms with E-state index in [1.54, 1.807) is 11.8 Å². The van der Waals surface area contributed by atoms with Gasteiger partial charge in [-0.05, 0) is 41.8 Å². The van der Waals surface area contributed by atoms with Gasteiger partial charge in [0.1, 0.15) is 12.1 Å². The molecule has 3 rings (SSSR count). The van der Waals surface area contributed by atoms with Crippen LogP contribution >= 0.6 is 11.8 Å². The molecular formula is C21H24N4O2S. The van der Waals surface area contributed by atoms with E-state index >= 15 is 0 Å². The number of ether oxygens (including phenoxy) is 1. The number of carbonyl (C=O) groups excluding carboxylic acids is 1. The van der Waals surface area contributed by atoms with Gasteiger partial charge < -0.3 is 10.1 Å². The van der Waals surface area contributed by atoms with Crippen molar-refractivity contribution in [3.63, 3.8) is 0 Å². The Morgan fingerprint density at radius 3 is 2.79 bits per heavy atom. The predicted molar refractivity (Wildman–Crippen MR) is 110 cm³/mol. The molecule has 0 unspecified atom stereocenters. The zero-order chi connectivity index (χ0) is 19.6. The summed E-state index contributed by atoms with van der Waals surface area (Å²) in [6.45, 7) is 3.32. The number of H-pyrrole nitrogens is 1. The fourth-order valence-electron chi connectivity index (χ4n) is 2.53. The van der Waals surface area contributed by atoms with Gasteiger partial charge in [-0.2, -0.15) is 5.10 Å². The minimum absolute atomic E-state index is 0.0910. The van der Waals surface area contributed by atoms with Crippen molar-refractivity contribution < 1.29 is 9.53 Å². The number of nitrogens with zero attached hydrogens (tertiary/aromatic N) is 2. The Morgan fingerprint density at radius 2 is 2.04 bits per heavy atom. The van der Waals surface area contributed by atoms with Crippen LogP contribution in [0.4, 0.5) is 0 Å². The lowest BCUT2D eigenvalue weighted by molar-refractivity contribution is 0.0951. The molecule has 0 aliphatic rings. The van der Waals surface area contributed by atoms with E-state index in [0.29, 0.717) is 18.7 Å². The van der Waals surface area contributed by atoms with Gasteiger partial charge in [0.2, 0.25) is 0 Å². The molecule has 1 heterocycles. The Bertz CT molecular complexity index is 866. The Hall–Kier alpha value is -2.80. The third-order valence-electron chi connectivity index (χ3n) is 4.10. The predicted octanol–water partition coefficient (Wildman–Crippen LogP) is 4.21. The number of aromatic amines is 1. The molecule has 0 atom stereocenters. The van der Waals surface area contributed by atoms with Gasteiger partial charge in [-0.25, -0.2) is 4.98 Å². The van der Waals surface area contributed by atoms with E-state index in [-0.39, 0.29) is 5.91 Å². The fraction of sp³-hybridized carbons (Fsp3) is 0.286. The third-order valence-corrected chi connectivity index (χ3v) is 5.05. The summed E-state index contributed by atoms with van der Waals surface area (Å²) in [5.74, 6) is 1.52. The van der Waals surface area contributed by atoms with Gasteiger partial charge in [-0.1, -0.05) is 49.4 Å². The Balaban J connectivity index is 1.48. The zero-order valence-corrected chi connectivity index (χ0v) is 16.7. The third kappa shape index (κ3) is 6.13. The number of thioether (sulfide) groups is 1. The summed E-state index contributed by atoms with van der Waals surface area (Å²) in [6.07, 6.45) is 3.63. The SMILES string of the molecule is CCCCOc1cccc(CNC(=O)c2ccc(CSc3ncn[nH]3)cc2)c1. The van der Waals surface area contributed by atoms with Gasteiger partial charge in [0, 0.05) is 17.9 Å². The molecule has 0 bridgehead atoms. The average molecular weight is 397 g/mol. The molecular weight excluding hydrogens is 372 g/mol. The maximum Gasteiger partial charge on any atom is 0.251 e. The number of hydrogen-bond donors (Lipinski definition) is 2. The number of carbonyl (C=O) groups is 1. The first-order valence-corrected chi connectivity index (χ1v) is 10.3. The van der Waals surface area contributed by atoms with Crippen molar-refractivity contribution in [2.45, 2.75) is 37.2 Å². The maximum absolute atomic E-state index is 12.4. The lowest BCUT2D eigenvalue weighted by Gasteiger charge is -2.09. The molecule has 146 valence electrons. The first kappa shape index (κ1) is 19.9. The number of rotatable bonds is 10. The highest BCUT2D eigenvalue weighted by molar-refractivity contribution is 7.98. The average Bonchev–Trinajstić information content (AvgIpc) is 3.25. The molecule has 6 nitrogen and oxygen atoms in total. The molecule has 7 heteroatoms. The van der Waals surface area contributed by atoms with Crippen LogP contribution in [0.3, 0.4) is 0 Å². The molecule has 0 aliphatic carbocycles. The highest BCUT2D eigenvalue weighted by atomic mass is 32.2. The van der Waals surface area contributed by atoms with Crippen LogP contribution in [0.2, 0.25) is 0 Å². The zero-order valence-electron chi connectivity index (χ0n) is 15.9. The number of amides is 1. The van der Waals surface area contributed by atoms with Gasteiger partial charge in [0.15, 0.2) is 5.16 Å². The molecule has 0 radical (unpaired) electrons. The maximum atomic E-state index is 12.4. The molecule has 3 aromatic rings. The van der Waals surface area contributed by atoms with E-state index in [4.69, 9.17) is 4.74 Å². The van der Waals surface area contributed by atoms with Crippen molar-refractivity contribution in [2.75, 3.05) is 6.61 Å². The van der Waals surface area contributed by atoms with E-state index in [9.17, 15) is 4.79 Å². The second-order valence-electron chi connectivity index (χ2n) is 6.31. The summed E-state index contributed by atoms with van der Waals surface area (Å²) in [5.41, 5.74) is 2.78. The lowest BCUT2D eigenvalue weighted by Crippen LogP contribution is -2.22. The van der Waals surface area contributed by atoms with Crippen molar-refractivity contribution in [1.29, 1.82) is 0 Å². The Morgan fingerprint density at radius 1 is 1.18 bits per heavy atom. The molecule has 2 aromatic carbocycles. The first-order valence-electron chi connectivity index (χ1n) is 9.31. The van der Waals surface area contributed by atoms with Crippen LogP contribution in [0.15, 0.2) is 60.0 Å². The smallest absolute Gasteiger partial charge is 0.251 e. The summed E-state index contributed by atoms with van der Waals surface area (Å²) in [5, 5.41) is 10.4. The first-order chi connectivity index (χ1) is 13.7. The Kier molecular flexibility index (Phi) is 7.49. The quantitative estimate of drug-likeness (QED) is 0.396. The highest BCUT2D eigenvalue weighted by Crippen LogP contribution is 2.18. The molecule has 0 spiro atoms. The monoisotopic (exact) mass is 396 g/mol. The summed E-state index contributed by atoms with van der Waals surface area (Å²) < 4.78 is 5.72. The molecule has 0 saturated heterocycles. The van der Waals surface area contributed by atoms with Gasteiger partial charge in [0.25, 0.3) is 5.91 Å². The number of nitrogens with one attached hydrogen (secondary N) is 2. The van der Waals surface area contributed by atoms with Crippen LogP contribution in [-0.4, -0.2) is 27.7 Å². The van der Waals surface area contributed by atoms with E-state index in [0.717, 1.165) is 40.6 Å². The number of hydrogen-bond acceptors (Lipinski definition) is 5. The standard InChI is InChI=1S/C21H24N4O2S/c1-2-3-11-27-19-6-4-5-17(12-19)13-22-20(26)18-9-7-16(8-10-18)14-28-21-23-15-24-25-21/h4-10,12,15H,2-3,11,13-14H2,1H3,(H,22,26)(H,23,24,25). The van der Waals surface area contributed by atoms with Gasteiger partial charge in [-0.15, -0.1) is 0 Å². The topological polar surface area (TPSA) is 79.9 Å². The van der Waals surface area contributed by atoms with Crippen LogP contribution < -0.4 is 10.1 Å². The van der Waals surface area contributed by atoms with Gasteiger partial charge >= 0.3 is 0 Å². The van der Waals surface area contributed by atoms with Crippen LogP contribution in [0.25, 0.3) is 0 Å². The molecule has 0 aliphatic heterocycles. The van der Waals surface area contributed by atoms with E-state index in [1.165, 1.54) is 6.33 Å². The lowest BCUT2D eigenvalue weighted by atomic mass is 10.1. The number of unbranched alkanes of at least 4 members (excludes halogenated alkanes) is 1. The number of aromatic nitrogens is 3. The van der Waals surface area contributed by atoms with Crippen molar-refractivity contribution in [3.8, 4) is 5.75 Å². The van der Waals surface area contributed by atoms with Crippen LogP contribution in [0.5, 0.6) is 5.75 Å². The summed E-state index contributed by atoms with van der Waals surface area (Å²) >= 11 is 1.57. The normalized spacial score (nSPS) is 10.6. The van der Waals surface area contributed by atoms with Crippen LogP contribution in [0, 0.1) is 0 Å². The second-order valence-corrected chi connectivity index (χ2v) is 7.27.